The number of hydrogen-bond donors (Lipinski definition) is 2. The fourth-order valence-electron chi connectivity index (χ4n) is 4.44. The van der Waals surface area contributed by atoms with E-state index in [1.807, 2.05) is 51.2 Å². The first kappa shape index (κ1) is 21.3. The van der Waals surface area contributed by atoms with Gasteiger partial charge in [0, 0.05) is 45.0 Å². The highest BCUT2D eigenvalue weighted by atomic mass is 35.5. The van der Waals surface area contributed by atoms with Gasteiger partial charge in [-0.15, -0.1) is 0 Å². The second kappa shape index (κ2) is 8.12. The average Bonchev–Trinajstić information content (AvgIpc) is 3.35. The minimum atomic E-state index is -0.493. The molecule has 0 unspecified atom stereocenters. The molecule has 6 nitrogen and oxygen atoms in total. The van der Waals surface area contributed by atoms with Crippen LogP contribution in [0.15, 0.2) is 50.4 Å². The lowest BCUT2D eigenvalue weighted by Crippen LogP contribution is -2.29. The average molecular weight is 463 g/mol. The van der Waals surface area contributed by atoms with Gasteiger partial charge in [0.25, 0.3) is 0 Å². The third kappa shape index (κ3) is 3.70. The number of carbonyl (C=O) groups is 1. The summed E-state index contributed by atoms with van der Waals surface area (Å²) in [6, 6.07) is 7.65. The number of aryl methyl sites for hydroxylation is 3. The van der Waals surface area contributed by atoms with Gasteiger partial charge in [-0.25, -0.2) is 4.79 Å². The summed E-state index contributed by atoms with van der Waals surface area (Å²) in [5, 5.41) is 6.43. The second-order valence-corrected chi connectivity index (χ2v) is 8.88. The molecule has 0 atom stereocenters. The number of H-pyrrole nitrogens is 1. The van der Waals surface area contributed by atoms with Crippen LogP contribution in [-0.4, -0.2) is 17.4 Å². The minimum Gasteiger partial charge on any atom is -0.464 e. The first-order chi connectivity index (χ1) is 15.8. The van der Waals surface area contributed by atoms with Crippen molar-refractivity contribution in [3.63, 3.8) is 0 Å². The number of amides is 1. The fourth-order valence-corrected chi connectivity index (χ4v) is 4.61. The number of fused-ring (bicyclic) bond motifs is 3. The maximum atomic E-state index is 12.7. The molecule has 2 N–H and O–H groups in total. The van der Waals surface area contributed by atoms with Crippen LogP contribution in [0, 0.1) is 20.8 Å². The van der Waals surface area contributed by atoms with E-state index in [2.05, 4.69) is 10.3 Å². The van der Waals surface area contributed by atoms with Crippen molar-refractivity contribution in [1.82, 2.24) is 10.3 Å². The Morgan fingerprint density at radius 2 is 1.88 bits per heavy atom. The molecule has 0 saturated heterocycles. The van der Waals surface area contributed by atoms with Crippen molar-refractivity contribution >= 4 is 50.3 Å². The number of benzene rings is 2. The van der Waals surface area contributed by atoms with Crippen LogP contribution < -0.4 is 10.9 Å². The maximum absolute atomic E-state index is 12.7. The summed E-state index contributed by atoms with van der Waals surface area (Å²) in [7, 11) is 0. The zero-order valence-electron chi connectivity index (χ0n) is 18.6. The van der Waals surface area contributed by atoms with Crippen LogP contribution >= 0.6 is 11.6 Å². The fraction of sp³-hybridized carbons (Fsp3) is 0.231. The Balaban J connectivity index is 1.36. The van der Waals surface area contributed by atoms with E-state index in [4.69, 9.17) is 20.4 Å². The van der Waals surface area contributed by atoms with Crippen molar-refractivity contribution in [3.8, 4) is 0 Å². The lowest BCUT2D eigenvalue weighted by Gasteiger charge is -2.10. The highest BCUT2D eigenvalue weighted by Crippen LogP contribution is 2.32. The van der Waals surface area contributed by atoms with Crippen LogP contribution in [0.2, 0.25) is 5.02 Å². The van der Waals surface area contributed by atoms with Crippen molar-refractivity contribution in [2.45, 2.75) is 33.6 Å². The first-order valence-electron chi connectivity index (χ1n) is 10.8. The SMILES string of the molecule is Cc1coc2c(C)c3oc(=O)c(CC(=O)NCCc4c[nH]c5ccc(Cl)cc45)c(C)c3cc12. The molecule has 0 aliphatic carbocycles. The van der Waals surface area contributed by atoms with Crippen LogP contribution in [-0.2, 0) is 17.6 Å². The molecule has 168 valence electrons. The molecule has 3 heterocycles. The number of hydrogen-bond acceptors (Lipinski definition) is 4. The van der Waals surface area contributed by atoms with Gasteiger partial charge in [0.2, 0.25) is 5.91 Å². The number of rotatable bonds is 5. The van der Waals surface area contributed by atoms with E-state index in [0.717, 1.165) is 43.9 Å². The molecule has 7 heteroatoms. The van der Waals surface area contributed by atoms with E-state index in [9.17, 15) is 9.59 Å². The van der Waals surface area contributed by atoms with Gasteiger partial charge in [-0.05, 0) is 68.1 Å². The molecule has 0 radical (unpaired) electrons. The highest BCUT2D eigenvalue weighted by Gasteiger charge is 2.19. The Kier molecular flexibility index (Phi) is 5.25. The van der Waals surface area contributed by atoms with Gasteiger partial charge in [0.15, 0.2) is 0 Å². The summed E-state index contributed by atoms with van der Waals surface area (Å²) in [4.78, 5) is 28.6. The summed E-state index contributed by atoms with van der Waals surface area (Å²) < 4.78 is 11.3. The summed E-state index contributed by atoms with van der Waals surface area (Å²) in [6.07, 6.45) is 4.23. The third-order valence-corrected chi connectivity index (χ3v) is 6.55. The number of halogens is 1. The van der Waals surface area contributed by atoms with Gasteiger partial charge >= 0.3 is 5.63 Å². The monoisotopic (exact) mass is 462 g/mol. The van der Waals surface area contributed by atoms with E-state index >= 15 is 0 Å². The molecule has 0 saturated carbocycles. The number of aromatic amines is 1. The molecule has 5 aromatic rings. The lowest BCUT2D eigenvalue weighted by molar-refractivity contribution is -0.120. The Hall–Kier alpha value is -3.51. The van der Waals surface area contributed by atoms with Gasteiger partial charge < -0.3 is 19.1 Å². The van der Waals surface area contributed by atoms with E-state index in [0.29, 0.717) is 34.7 Å². The minimum absolute atomic E-state index is 0.0364. The van der Waals surface area contributed by atoms with Crippen molar-refractivity contribution in [2.24, 2.45) is 0 Å². The summed E-state index contributed by atoms with van der Waals surface area (Å²) in [5.74, 6) is -0.222. The molecule has 1 amide bonds. The van der Waals surface area contributed by atoms with Crippen molar-refractivity contribution in [1.29, 1.82) is 0 Å². The highest BCUT2D eigenvalue weighted by molar-refractivity contribution is 6.31. The van der Waals surface area contributed by atoms with E-state index in [1.165, 1.54) is 0 Å². The Morgan fingerprint density at radius 3 is 2.70 bits per heavy atom. The van der Waals surface area contributed by atoms with Gasteiger partial charge in [-0.2, -0.15) is 0 Å². The predicted molar refractivity (Wildman–Crippen MR) is 130 cm³/mol. The van der Waals surface area contributed by atoms with Crippen molar-refractivity contribution < 1.29 is 13.6 Å². The molecule has 33 heavy (non-hydrogen) atoms. The van der Waals surface area contributed by atoms with Gasteiger partial charge in [-0.1, -0.05) is 11.6 Å². The predicted octanol–water partition coefficient (Wildman–Crippen LogP) is 5.50. The Morgan fingerprint density at radius 1 is 1.06 bits per heavy atom. The number of aromatic nitrogens is 1. The smallest absolute Gasteiger partial charge is 0.340 e. The molecule has 0 aliphatic rings. The number of nitrogens with one attached hydrogen (secondary N) is 2. The summed E-state index contributed by atoms with van der Waals surface area (Å²) >= 11 is 6.11. The van der Waals surface area contributed by atoms with Crippen molar-refractivity contribution in [3.05, 3.63) is 80.0 Å². The Bertz CT molecular complexity index is 1610. The second-order valence-electron chi connectivity index (χ2n) is 8.45. The Labute approximate surface area is 194 Å². The van der Waals surface area contributed by atoms with E-state index in [-0.39, 0.29) is 12.3 Å². The summed E-state index contributed by atoms with van der Waals surface area (Å²) in [5.41, 5.74) is 5.72. The quantitative estimate of drug-likeness (QED) is 0.337. The molecule has 0 spiro atoms. The van der Waals surface area contributed by atoms with Crippen LogP contribution in [0.5, 0.6) is 0 Å². The molecule has 5 rings (SSSR count). The van der Waals surface area contributed by atoms with Gasteiger partial charge in [-0.3, -0.25) is 4.79 Å². The van der Waals surface area contributed by atoms with E-state index < -0.39 is 5.63 Å². The third-order valence-electron chi connectivity index (χ3n) is 6.32. The molecule has 3 aromatic heterocycles. The standard InChI is InChI=1S/C26H23ClN2O4/c1-13-12-32-24-15(3)25-19(9-18(13)24)14(2)20(26(31)33-25)10-23(30)28-7-6-16-11-29-22-5-4-17(27)8-21(16)22/h4-5,8-9,11-12,29H,6-7,10H2,1-3H3,(H,28,30). The summed E-state index contributed by atoms with van der Waals surface area (Å²) in [6.45, 7) is 6.16. The zero-order chi connectivity index (χ0) is 23.3. The first-order valence-corrected chi connectivity index (χ1v) is 11.2. The molecule has 0 fully saturated rings. The topological polar surface area (TPSA) is 88.2 Å². The number of carbonyl (C=O) groups excluding carboxylic acids is 1. The van der Waals surface area contributed by atoms with Crippen LogP contribution in [0.1, 0.15) is 27.8 Å². The van der Waals surface area contributed by atoms with Crippen LogP contribution in [0.25, 0.3) is 32.8 Å². The van der Waals surface area contributed by atoms with Gasteiger partial charge in [0.1, 0.15) is 11.2 Å². The zero-order valence-corrected chi connectivity index (χ0v) is 19.4. The van der Waals surface area contributed by atoms with Crippen LogP contribution in [0.4, 0.5) is 0 Å². The molecular weight excluding hydrogens is 440 g/mol. The number of furan rings is 1. The molecule has 0 aliphatic heterocycles. The molecule has 0 bridgehead atoms. The maximum Gasteiger partial charge on any atom is 0.340 e. The van der Waals surface area contributed by atoms with Crippen LogP contribution in [0.3, 0.4) is 0 Å². The molecular formula is C26H23ClN2O4. The lowest BCUT2D eigenvalue weighted by atomic mass is 9.99. The molecule has 2 aromatic carbocycles. The van der Waals surface area contributed by atoms with Crippen molar-refractivity contribution in [2.75, 3.05) is 6.54 Å². The van der Waals surface area contributed by atoms with Gasteiger partial charge in [0.05, 0.1) is 18.2 Å². The normalized spacial score (nSPS) is 11.6. The largest absolute Gasteiger partial charge is 0.464 e. The van der Waals surface area contributed by atoms with E-state index in [1.54, 1.807) is 6.26 Å².